The van der Waals surface area contributed by atoms with Crippen LogP contribution < -0.4 is 15.2 Å². The molecule has 1 rings (SSSR count). The molecule has 0 saturated carbocycles. The minimum Gasteiger partial charge on any atom is -0.398 e. The second kappa shape index (κ2) is 6.73. The minimum absolute atomic E-state index is 0.137. The van der Waals surface area contributed by atoms with Gasteiger partial charge in [0.2, 0.25) is 20.0 Å². The Bertz CT molecular complexity index is 712. The number of hydrogen-bond acceptors (Lipinski definition) is 5. The first-order chi connectivity index (χ1) is 9.53. The highest BCUT2D eigenvalue weighted by atomic mass is 32.2. The quantitative estimate of drug-likeness (QED) is 0.482. The first-order valence-corrected chi connectivity index (χ1v) is 9.71. The summed E-state index contributed by atoms with van der Waals surface area (Å²) in [5.74, 6) is 0. The summed E-state index contributed by atoms with van der Waals surface area (Å²) >= 11 is 0. The van der Waals surface area contributed by atoms with Crippen molar-refractivity contribution in [3.05, 3.63) is 23.3 Å². The van der Waals surface area contributed by atoms with Crippen molar-refractivity contribution in [3.63, 3.8) is 0 Å². The molecule has 0 radical (unpaired) electrons. The molecule has 0 atom stereocenters. The molecule has 0 bridgehead atoms. The SMILES string of the molecule is Cc1cc(N)c(C)c(S(=O)(=O)NCCCNS(C)(=O)=O)c1. The largest absolute Gasteiger partial charge is 0.398 e. The van der Waals surface area contributed by atoms with Gasteiger partial charge in [0, 0.05) is 18.8 Å². The Morgan fingerprint density at radius 3 is 2.19 bits per heavy atom. The molecule has 7 nitrogen and oxygen atoms in total. The lowest BCUT2D eigenvalue weighted by Gasteiger charge is -2.12. The van der Waals surface area contributed by atoms with E-state index in [2.05, 4.69) is 9.44 Å². The molecule has 0 aliphatic rings. The normalized spacial score (nSPS) is 12.5. The van der Waals surface area contributed by atoms with Gasteiger partial charge in [-0.3, -0.25) is 0 Å². The number of aryl methyl sites for hydroxylation is 1. The number of nitrogens with two attached hydrogens (primary N) is 1. The van der Waals surface area contributed by atoms with Crippen LogP contribution in [0.4, 0.5) is 5.69 Å². The molecule has 0 aliphatic heterocycles. The highest BCUT2D eigenvalue weighted by Gasteiger charge is 2.18. The van der Waals surface area contributed by atoms with Crippen molar-refractivity contribution >= 4 is 25.7 Å². The van der Waals surface area contributed by atoms with Crippen LogP contribution in [0.1, 0.15) is 17.5 Å². The Labute approximate surface area is 126 Å². The predicted octanol–water partition coefficient (Wildman–Crippen LogP) is 0.103. The Morgan fingerprint density at radius 1 is 1.05 bits per heavy atom. The summed E-state index contributed by atoms with van der Waals surface area (Å²) in [6, 6.07) is 3.27. The number of nitrogen functional groups attached to an aromatic ring is 1. The van der Waals surface area contributed by atoms with Gasteiger partial charge in [0.1, 0.15) is 0 Å². The fraction of sp³-hybridized carbons (Fsp3) is 0.500. The van der Waals surface area contributed by atoms with Crippen LogP contribution in [0.3, 0.4) is 0 Å². The van der Waals surface area contributed by atoms with Crippen LogP contribution in [0, 0.1) is 13.8 Å². The predicted molar refractivity (Wildman–Crippen MR) is 83.0 cm³/mol. The minimum atomic E-state index is -3.66. The molecule has 1 aromatic rings. The van der Waals surface area contributed by atoms with Crippen molar-refractivity contribution in [2.24, 2.45) is 0 Å². The average Bonchev–Trinajstić information content (AvgIpc) is 2.31. The van der Waals surface area contributed by atoms with Crippen LogP contribution in [0.25, 0.3) is 0 Å². The van der Waals surface area contributed by atoms with Gasteiger partial charge in [0.25, 0.3) is 0 Å². The zero-order valence-electron chi connectivity index (χ0n) is 12.3. The summed E-state index contributed by atoms with van der Waals surface area (Å²) in [4.78, 5) is 0.149. The van der Waals surface area contributed by atoms with E-state index in [1.165, 1.54) is 0 Å². The lowest BCUT2D eigenvalue weighted by Crippen LogP contribution is -2.30. The van der Waals surface area contributed by atoms with Gasteiger partial charge in [-0.1, -0.05) is 0 Å². The van der Waals surface area contributed by atoms with E-state index >= 15 is 0 Å². The van der Waals surface area contributed by atoms with Crippen LogP contribution in [0.5, 0.6) is 0 Å². The van der Waals surface area contributed by atoms with Crippen LogP contribution in [0.15, 0.2) is 17.0 Å². The lowest BCUT2D eigenvalue weighted by molar-refractivity contribution is 0.574. The molecule has 0 saturated heterocycles. The molecular weight excluding hydrogens is 314 g/mol. The fourth-order valence-electron chi connectivity index (χ4n) is 1.76. The van der Waals surface area contributed by atoms with Gasteiger partial charge in [0.05, 0.1) is 11.2 Å². The van der Waals surface area contributed by atoms with Crippen LogP contribution in [-0.2, 0) is 20.0 Å². The summed E-state index contributed by atoms with van der Waals surface area (Å²) in [5, 5.41) is 0. The monoisotopic (exact) mass is 335 g/mol. The number of anilines is 1. The molecule has 21 heavy (non-hydrogen) atoms. The van der Waals surface area contributed by atoms with Gasteiger partial charge in [-0.25, -0.2) is 26.3 Å². The second-order valence-electron chi connectivity index (χ2n) is 4.90. The second-order valence-corrected chi connectivity index (χ2v) is 8.46. The molecule has 9 heteroatoms. The van der Waals surface area contributed by atoms with Gasteiger partial charge in [-0.15, -0.1) is 0 Å². The van der Waals surface area contributed by atoms with Gasteiger partial charge in [-0.05, 0) is 43.5 Å². The number of rotatable bonds is 7. The van der Waals surface area contributed by atoms with E-state index in [0.29, 0.717) is 17.7 Å². The third-order valence-corrected chi connectivity index (χ3v) is 5.16. The summed E-state index contributed by atoms with van der Waals surface area (Å²) in [5.41, 5.74) is 7.46. The van der Waals surface area contributed by atoms with Crippen LogP contribution in [0.2, 0.25) is 0 Å². The van der Waals surface area contributed by atoms with Gasteiger partial charge < -0.3 is 5.73 Å². The molecule has 1 aromatic carbocycles. The van der Waals surface area contributed by atoms with Crippen LogP contribution in [-0.4, -0.2) is 36.2 Å². The topological polar surface area (TPSA) is 118 Å². The van der Waals surface area contributed by atoms with E-state index in [-0.39, 0.29) is 18.0 Å². The summed E-state index contributed by atoms with van der Waals surface area (Å²) < 4.78 is 50.9. The molecule has 120 valence electrons. The summed E-state index contributed by atoms with van der Waals surface area (Å²) in [6.07, 6.45) is 1.41. The van der Waals surface area contributed by atoms with Crippen molar-refractivity contribution in [2.45, 2.75) is 25.2 Å². The first-order valence-electron chi connectivity index (χ1n) is 6.34. The molecular formula is C12H21N3O4S2. The van der Waals surface area contributed by atoms with Crippen molar-refractivity contribution in [1.29, 1.82) is 0 Å². The molecule has 0 aromatic heterocycles. The Hall–Kier alpha value is -1.16. The van der Waals surface area contributed by atoms with E-state index in [4.69, 9.17) is 5.73 Å². The maximum Gasteiger partial charge on any atom is 0.240 e. The Morgan fingerprint density at radius 2 is 1.62 bits per heavy atom. The molecule has 0 spiro atoms. The number of hydrogen-bond donors (Lipinski definition) is 3. The van der Waals surface area contributed by atoms with Crippen molar-refractivity contribution in [1.82, 2.24) is 9.44 Å². The van der Waals surface area contributed by atoms with Crippen LogP contribution >= 0.6 is 0 Å². The average molecular weight is 335 g/mol. The maximum atomic E-state index is 12.2. The zero-order chi connectivity index (χ0) is 16.3. The highest BCUT2D eigenvalue weighted by molar-refractivity contribution is 7.89. The molecule has 0 heterocycles. The number of nitrogens with one attached hydrogen (secondary N) is 2. The molecule has 0 fully saturated rings. The van der Waals surface area contributed by atoms with E-state index in [0.717, 1.165) is 11.8 Å². The zero-order valence-corrected chi connectivity index (χ0v) is 13.9. The highest BCUT2D eigenvalue weighted by Crippen LogP contribution is 2.22. The summed E-state index contributed by atoms with van der Waals surface area (Å²) in [6.45, 7) is 3.73. The summed E-state index contributed by atoms with van der Waals surface area (Å²) in [7, 11) is -6.91. The first kappa shape index (κ1) is 17.9. The Balaban J connectivity index is 2.71. The van der Waals surface area contributed by atoms with Crippen molar-refractivity contribution in [3.8, 4) is 0 Å². The van der Waals surface area contributed by atoms with Crippen molar-refractivity contribution < 1.29 is 16.8 Å². The maximum absolute atomic E-state index is 12.2. The van der Waals surface area contributed by atoms with E-state index in [9.17, 15) is 16.8 Å². The van der Waals surface area contributed by atoms with Crippen molar-refractivity contribution in [2.75, 3.05) is 25.1 Å². The molecule has 0 aliphatic carbocycles. The molecule has 0 unspecified atom stereocenters. The number of sulfonamides is 2. The molecule has 0 amide bonds. The third-order valence-electron chi connectivity index (χ3n) is 2.84. The van der Waals surface area contributed by atoms with E-state index in [1.807, 2.05) is 0 Å². The van der Waals surface area contributed by atoms with E-state index < -0.39 is 20.0 Å². The fourth-order valence-corrected chi connectivity index (χ4v) is 3.71. The Kier molecular flexibility index (Phi) is 5.74. The molecule has 4 N–H and O–H groups in total. The lowest BCUT2D eigenvalue weighted by atomic mass is 10.1. The van der Waals surface area contributed by atoms with Gasteiger partial charge in [-0.2, -0.15) is 0 Å². The van der Waals surface area contributed by atoms with Gasteiger partial charge in [0.15, 0.2) is 0 Å². The third kappa shape index (κ3) is 5.62. The number of benzene rings is 1. The smallest absolute Gasteiger partial charge is 0.240 e. The standard InChI is InChI=1S/C12H21N3O4S2/c1-9-7-11(13)10(2)12(8-9)21(18,19)15-6-4-5-14-20(3,16)17/h7-8,14-15H,4-6,13H2,1-3H3. The van der Waals surface area contributed by atoms with Gasteiger partial charge >= 0.3 is 0 Å². The van der Waals surface area contributed by atoms with E-state index in [1.54, 1.807) is 26.0 Å².